The topological polar surface area (TPSA) is 87.7 Å². The molecular weight excluding hydrogens is 420 g/mol. The van der Waals surface area contributed by atoms with Crippen molar-refractivity contribution < 1.29 is 19.4 Å². The summed E-state index contributed by atoms with van der Waals surface area (Å²) in [7, 11) is 1.55. The van der Waals surface area contributed by atoms with Gasteiger partial charge in [-0.2, -0.15) is 0 Å². The molecule has 0 unspecified atom stereocenters. The maximum absolute atomic E-state index is 12.0. The number of methoxy groups -OCH3 is 1. The van der Waals surface area contributed by atoms with E-state index in [1.54, 1.807) is 31.4 Å². The highest BCUT2D eigenvalue weighted by Crippen LogP contribution is 2.24. The molecule has 26 heavy (non-hydrogen) atoms. The molecule has 0 bridgehead atoms. The number of thiocarbonyl (C=S) groups is 1. The van der Waals surface area contributed by atoms with Gasteiger partial charge in [0.2, 0.25) is 5.91 Å². The number of ether oxygens (including phenoxy) is 1. The maximum atomic E-state index is 12.0. The van der Waals surface area contributed by atoms with Gasteiger partial charge < -0.3 is 15.2 Å². The molecule has 0 aromatic heterocycles. The summed E-state index contributed by atoms with van der Waals surface area (Å²) in [5, 5.41) is 14.3. The summed E-state index contributed by atoms with van der Waals surface area (Å²) < 4.78 is 6.10. The van der Waals surface area contributed by atoms with Gasteiger partial charge in [-0.15, -0.1) is 0 Å². The summed E-state index contributed by atoms with van der Waals surface area (Å²) in [6.07, 6.45) is 2.95. The zero-order valence-electron chi connectivity index (χ0n) is 13.7. The van der Waals surface area contributed by atoms with Crippen molar-refractivity contribution in [3.05, 3.63) is 64.1 Å². The Morgan fingerprint density at radius 1 is 1.19 bits per heavy atom. The third kappa shape index (κ3) is 5.68. The average molecular weight is 435 g/mol. The van der Waals surface area contributed by atoms with Crippen molar-refractivity contribution in [1.29, 1.82) is 0 Å². The Morgan fingerprint density at radius 2 is 1.88 bits per heavy atom. The summed E-state index contributed by atoms with van der Waals surface area (Å²) in [5.41, 5.74) is 1.47. The van der Waals surface area contributed by atoms with Crippen LogP contribution in [0.25, 0.3) is 6.08 Å². The fourth-order valence-corrected chi connectivity index (χ4v) is 2.61. The molecule has 3 N–H and O–H groups in total. The van der Waals surface area contributed by atoms with Crippen LogP contribution in [0.4, 0.5) is 5.69 Å². The predicted molar refractivity (Wildman–Crippen MR) is 107 cm³/mol. The molecule has 8 heteroatoms. The van der Waals surface area contributed by atoms with Crippen LogP contribution in [0.1, 0.15) is 15.9 Å². The van der Waals surface area contributed by atoms with Gasteiger partial charge in [0.05, 0.1) is 12.7 Å². The number of carbonyl (C=O) groups excluding carboxylic acids is 1. The third-order valence-electron chi connectivity index (χ3n) is 3.23. The predicted octanol–water partition coefficient (Wildman–Crippen LogP) is 3.68. The molecule has 1 amide bonds. The normalized spacial score (nSPS) is 10.4. The molecule has 0 saturated carbocycles. The van der Waals surface area contributed by atoms with Gasteiger partial charge in [-0.05, 0) is 60.8 Å². The smallest absolute Gasteiger partial charge is 0.335 e. The van der Waals surface area contributed by atoms with Gasteiger partial charge in [0, 0.05) is 21.8 Å². The van der Waals surface area contributed by atoms with Gasteiger partial charge in [0.1, 0.15) is 5.75 Å². The molecule has 0 spiro atoms. The maximum Gasteiger partial charge on any atom is 0.335 e. The largest absolute Gasteiger partial charge is 0.496 e. The number of aromatic carboxylic acids is 1. The first-order valence-electron chi connectivity index (χ1n) is 7.36. The molecule has 2 aromatic rings. The van der Waals surface area contributed by atoms with E-state index in [1.807, 2.05) is 12.1 Å². The highest BCUT2D eigenvalue weighted by molar-refractivity contribution is 9.10. The van der Waals surface area contributed by atoms with E-state index in [4.69, 9.17) is 22.1 Å². The standard InChI is InChI=1S/C18H15BrN2O4S/c1-25-15-8-5-13(19)10-12(15)4-9-16(22)21-18(26)20-14-6-2-11(3-7-14)17(23)24/h2-10H,1H3,(H,23,24)(H2,20,21,22,26)/b9-4+. The number of carboxylic acid groups (broad SMARTS) is 1. The monoisotopic (exact) mass is 434 g/mol. The van der Waals surface area contributed by atoms with Gasteiger partial charge in [-0.25, -0.2) is 4.79 Å². The Morgan fingerprint density at radius 3 is 2.50 bits per heavy atom. The minimum absolute atomic E-state index is 0.101. The second kappa shape index (κ2) is 9.12. The first kappa shape index (κ1) is 19.6. The number of carbonyl (C=O) groups is 2. The van der Waals surface area contributed by atoms with E-state index in [9.17, 15) is 9.59 Å². The van der Waals surface area contributed by atoms with Crippen LogP contribution < -0.4 is 15.4 Å². The Hall–Kier alpha value is -2.71. The van der Waals surface area contributed by atoms with E-state index in [1.165, 1.54) is 18.2 Å². The Labute approximate surface area is 164 Å². The molecule has 2 aromatic carbocycles. The number of benzene rings is 2. The minimum Gasteiger partial charge on any atom is -0.496 e. The summed E-state index contributed by atoms with van der Waals surface area (Å²) in [4.78, 5) is 22.8. The number of hydrogen-bond donors (Lipinski definition) is 3. The number of nitrogens with one attached hydrogen (secondary N) is 2. The molecule has 0 heterocycles. The fraction of sp³-hybridized carbons (Fsp3) is 0.0556. The minimum atomic E-state index is -1.01. The molecule has 0 radical (unpaired) electrons. The van der Waals surface area contributed by atoms with E-state index in [0.717, 1.165) is 10.0 Å². The lowest BCUT2D eigenvalue weighted by molar-refractivity contribution is -0.115. The Kier molecular flexibility index (Phi) is 6.88. The van der Waals surface area contributed by atoms with Gasteiger partial charge in [0.25, 0.3) is 0 Å². The van der Waals surface area contributed by atoms with E-state index in [0.29, 0.717) is 11.4 Å². The molecule has 6 nitrogen and oxygen atoms in total. The summed E-state index contributed by atoms with van der Waals surface area (Å²) in [6.45, 7) is 0. The van der Waals surface area contributed by atoms with Crippen molar-refractivity contribution in [2.24, 2.45) is 0 Å². The Bertz CT molecular complexity index is 866. The molecule has 0 aliphatic rings. The van der Waals surface area contributed by atoms with Crippen LogP contribution in [0, 0.1) is 0 Å². The van der Waals surface area contributed by atoms with Crippen molar-refractivity contribution in [3.8, 4) is 5.75 Å². The average Bonchev–Trinajstić information content (AvgIpc) is 2.60. The summed E-state index contributed by atoms with van der Waals surface area (Å²) in [5.74, 6) is -0.788. The zero-order chi connectivity index (χ0) is 19.1. The van der Waals surface area contributed by atoms with Crippen molar-refractivity contribution in [2.75, 3.05) is 12.4 Å². The molecule has 0 fully saturated rings. The molecule has 0 aliphatic carbocycles. The van der Waals surface area contributed by atoms with Gasteiger partial charge >= 0.3 is 5.97 Å². The molecule has 0 atom stereocenters. The summed E-state index contributed by atoms with van der Waals surface area (Å²) in [6, 6.07) is 11.4. The van der Waals surface area contributed by atoms with Gasteiger partial charge in [0.15, 0.2) is 5.11 Å². The molecule has 134 valence electrons. The van der Waals surface area contributed by atoms with Crippen LogP contribution in [0.5, 0.6) is 5.75 Å². The van der Waals surface area contributed by atoms with Crippen molar-refractivity contribution in [1.82, 2.24) is 5.32 Å². The number of amides is 1. The first-order chi connectivity index (χ1) is 12.4. The van der Waals surface area contributed by atoms with Gasteiger partial charge in [-0.1, -0.05) is 15.9 Å². The number of halogens is 1. The molecule has 0 saturated heterocycles. The van der Waals surface area contributed by atoms with Crippen LogP contribution in [-0.4, -0.2) is 29.2 Å². The van der Waals surface area contributed by atoms with Crippen molar-refractivity contribution in [2.45, 2.75) is 0 Å². The Balaban J connectivity index is 1.95. The zero-order valence-corrected chi connectivity index (χ0v) is 16.1. The summed E-state index contributed by atoms with van der Waals surface area (Å²) >= 11 is 8.44. The first-order valence-corrected chi connectivity index (χ1v) is 8.56. The van der Waals surface area contributed by atoms with E-state index in [2.05, 4.69) is 26.6 Å². The number of hydrogen-bond acceptors (Lipinski definition) is 4. The lowest BCUT2D eigenvalue weighted by Crippen LogP contribution is -2.32. The highest BCUT2D eigenvalue weighted by Gasteiger charge is 2.05. The fourth-order valence-electron chi connectivity index (χ4n) is 2.01. The highest BCUT2D eigenvalue weighted by atomic mass is 79.9. The second-order valence-electron chi connectivity index (χ2n) is 5.05. The third-order valence-corrected chi connectivity index (χ3v) is 3.93. The number of rotatable bonds is 5. The van der Waals surface area contributed by atoms with Crippen LogP contribution in [0.15, 0.2) is 53.0 Å². The lowest BCUT2D eigenvalue weighted by atomic mass is 10.2. The molecule has 0 aliphatic heterocycles. The van der Waals surface area contributed by atoms with Crippen LogP contribution >= 0.6 is 28.1 Å². The van der Waals surface area contributed by atoms with Gasteiger partial charge in [-0.3, -0.25) is 10.1 Å². The second-order valence-corrected chi connectivity index (χ2v) is 6.37. The molecule has 2 rings (SSSR count). The van der Waals surface area contributed by atoms with Crippen LogP contribution in [-0.2, 0) is 4.79 Å². The van der Waals surface area contributed by atoms with Crippen LogP contribution in [0.2, 0.25) is 0 Å². The number of anilines is 1. The number of carboxylic acids is 1. The van der Waals surface area contributed by atoms with E-state index < -0.39 is 11.9 Å². The molecular formula is C18H15BrN2O4S. The van der Waals surface area contributed by atoms with E-state index in [-0.39, 0.29) is 10.7 Å². The van der Waals surface area contributed by atoms with Crippen LogP contribution in [0.3, 0.4) is 0 Å². The SMILES string of the molecule is COc1ccc(Br)cc1/C=C/C(=O)NC(=S)Nc1ccc(C(=O)O)cc1. The van der Waals surface area contributed by atoms with Crippen molar-refractivity contribution >= 4 is 56.9 Å². The quantitative estimate of drug-likeness (QED) is 0.491. The lowest BCUT2D eigenvalue weighted by Gasteiger charge is -2.08. The van der Waals surface area contributed by atoms with Crippen molar-refractivity contribution in [3.63, 3.8) is 0 Å². The van der Waals surface area contributed by atoms with E-state index >= 15 is 0 Å².